The highest BCUT2D eigenvalue weighted by Crippen LogP contribution is 2.35. The lowest BCUT2D eigenvalue weighted by molar-refractivity contribution is 0.102. The lowest BCUT2D eigenvalue weighted by Gasteiger charge is -2.28. The molecule has 3 heterocycles. The Morgan fingerprint density at radius 2 is 1.62 bits per heavy atom. The zero-order valence-corrected chi connectivity index (χ0v) is 21.5. The first-order chi connectivity index (χ1) is 19.5. The molecule has 0 bridgehead atoms. The molecule has 204 valence electrons. The van der Waals surface area contributed by atoms with Gasteiger partial charge < -0.3 is 30.3 Å². The molecular weight excluding hydrogens is 516 g/mol. The number of pyridine rings is 1. The molecule has 40 heavy (non-hydrogen) atoms. The molecule has 0 unspecified atom stereocenters. The quantitative estimate of drug-likeness (QED) is 0.251. The molecule has 8 nitrogen and oxygen atoms in total. The van der Waals surface area contributed by atoms with Gasteiger partial charge in [0.1, 0.15) is 5.75 Å². The van der Waals surface area contributed by atoms with Crippen LogP contribution in [0.25, 0.3) is 0 Å². The fraction of sp³-hybridized carbons (Fsp3) is 0.200. The van der Waals surface area contributed by atoms with Crippen LogP contribution in [0, 0.1) is 11.9 Å². The van der Waals surface area contributed by atoms with Crippen molar-refractivity contribution in [3.63, 3.8) is 0 Å². The molecule has 0 spiro atoms. The average molecular weight is 544 g/mol. The van der Waals surface area contributed by atoms with Crippen LogP contribution in [0.3, 0.4) is 0 Å². The molecule has 2 aliphatic rings. The Hall–Kier alpha value is -4.70. The Bertz CT molecular complexity index is 1520. The molecule has 3 N–H and O–H groups in total. The summed E-state index contributed by atoms with van der Waals surface area (Å²) in [5, 5.41) is 9.21. The Morgan fingerprint density at radius 1 is 0.850 bits per heavy atom. The number of aromatic nitrogens is 1. The van der Waals surface area contributed by atoms with E-state index < -0.39 is 11.9 Å². The third-order valence-electron chi connectivity index (χ3n) is 6.79. The maximum absolute atomic E-state index is 13.5. The number of halogens is 2. The van der Waals surface area contributed by atoms with Gasteiger partial charge in [0.2, 0.25) is 11.9 Å². The van der Waals surface area contributed by atoms with Crippen molar-refractivity contribution < 1.29 is 23.0 Å². The van der Waals surface area contributed by atoms with Crippen LogP contribution in [-0.2, 0) is 11.2 Å². The minimum Gasteiger partial charge on any atom is -0.493 e. The minimum absolute atomic E-state index is 0.211. The van der Waals surface area contributed by atoms with Crippen molar-refractivity contribution >= 4 is 40.0 Å². The van der Waals surface area contributed by atoms with Gasteiger partial charge >= 0.3 is 0 Å². The summed E-state index contributed by atoms with van der Waals surface area (Å²) in [6, 6.07) is 21.1. The number of carbonyl (C=O) groups excluding carboxylic acids is 1. The van der Waals surface area contributed by atoms with Gasteiger partial charge in [0, 0.05) is 48.7 Å². The third-order valence-corrected chi connectivity index (χ3v) is 6.79. The van der Waals surface area contributed by atoms with Gasteiger partial charge in [-0.05, 0) is 60.2 Å². The molecule has 4 aromatic rings. The molecule has 2 aliphatic heterocycles. The van der Waals surface area contributed by atoms with Gasteiger partial charge in [-0.3, -0.25) is 4.79 Å². The number of morpholine rings is 1. The van der Waals surface area contributed by atoms with Crippen LogP contribution in [0.5, 0.6) is 5.75 Å². The Morgan fingerprint density at radius 3 is 2.40 bits per heavy atom. The molecule has 1 aromatic heterocycles. The van der Waals surface area contributed by atoms with E-state index in [1.807, 2.05) is 30.3 Å². The normalized spacial score (nSPS) is 14.3. The molecule has 0 saturated carbocycles. The van der Waals surface area contributed by atoms with Gasteiger partial charge in [-0.25, -0.2) is 0 Å². The Balaban J connectivity index is 1.10. The van der Waals surface area contributed by atoms with E-state index in [-0.39, 0.29) is 11.6 Å². The van der Waals surface area contributed by atoms with E-state index in [1.54, 1.807) is 18.2 Å². The summed E-state index contributed by atoms with van der Waals surface area (Å²) < 4.78 is 38.3. The molecule has 0 aliphatic carbocycles. The Kier molecular flexibility index (Phi) is 7.15. The minimum atomic E-state index is -0.924. The van der Waals surface area contributed by atoms with Crippen LogP contribution >= 0.6 is 0 Å². The maximum Gasteiger partial charge on any atom is 0.257 e. The fourth-order valence-corrected chi connectivity index (χ4v) is 4.78. The number of ether oxygens (including phenoxy) is 2. The zero-order valence-electron chi connectivity index (χ0n) is 21.5. The lowest BCUT2D eigenvalue weighted by atomic mass is 10.1. The highest BCUT2D eigenvalue weighted by atomic mass is 19.1. The second kappa shape index (κ2) is 11.2. The zero-order chi connectivity index (χ0) is 27.5. The number of hydrogen-bond acceptors (Lipinski definition) is 7. The molecule has 0 radical (unpaired) electrons. The van der Waals surface area contributed by atoms with Crippen molar-refractivity contribution in [1.29, 1.82) is 0 Å². The fourth-order valence-electron chi connectivity index (χ4n) is 4.78. The molecule has 10 heteroatoms. The number of carbonyl (C=O) groups is 1. The molecule has 3 aromatic carbocycles. The number of rotatable bonds is 7. The maximum atomic E-state index is 13.5. The van der Waals surface area contributed by atoms with Crippen LogP contribution in [0.15, 0.2) is 72.8 Å². The van der Waals surface area contributed by atoms with E-state index in [2.05, 4.69) is 38.0 Å². The van der Waals surface area contributed by atoms with Crippen molar-refractivity contribution in [3.05, 3.63) is 95.8 Å². The number of nitrogens with zero attached hydrogens (tertiary/aromatic N) is 2. The summed E-state index contributed by atoms with van der Waals surface area (Å²) >= 11 is 0. The number of fused-ring (bicyclic) bond motifs is 2. The smallest absolute Gasteiger partial charge is 0.257 e. The first-order valence-corrected chi connectivity index (χ1v) is 13.0. The first kappa shape index (κ1) is 25.6. The highest BCUT2D eigenvalue weighted by Gasteiger charge is 2.20. The van der Waals surface area contributed by atoms with Crippen LogP contribution in [0.2, 0.25) is 0 Å². The van der Waals surface area contributed by atoms with Crippen LogP contribution in [0.1, 0.15) is 15.9 Å². The SMILES string of the molecule is O=C1Nc2cc(CCOc3ccc(N4CCOCC4)cc3)ccc2Nc2cc(Nc3cc(F)nc(F)c3)ccc21. The van der Waals surface area contributed by atoms with Crippen molar-refractivity contribution in [2.24, 2.45) is 0 Å². The number of anilines is 6. The van der Waals surface area contributed by atoms with E-state index in [9.17, 15) is 13.6 Å². The summed E-state index contributed by atoms with van der Waals surface area (Å²) in [6.45, 7) is 3.76. The topological polar surface area (TPSA) is 87.8 Å². The van der Waals surface area contributed by atoms with Gasteiger partial charge in [0.05, 0.1) is 42.4 Å². The number of nitrogens with one attached hydrogen (secondary N) is 3. The Labute approximate surface area is 229 Å². The molecule has 1 saturated heterocycles. The van der Waals surface area contributed by atoms with Crippen molar-refractivity contribution in [1.82, 2.24) is 4.98 Å². The predicted octanol–water partition coefficient (Wildman–Crippen LogP) is 5.87. The lowest BCUT2D eigenvalue weighted by Crippen LogP contribution is -2.36. The van der Waals surface area contributed by atoms with Gasteiger partial charge in [-0.15, -0.1) is 0 Å². The van der Waals surface area contributed by atoms with Crippen LogP contribution in [-0.4, -0.2) is 43.8 Å². The summed E-state index contributed by atoms with van der Waals surface area (Å²) in [5.74, 6) is -1.31. The van der Waals surface area contributed by atoms with Gasteiger partial charge in [-0.1, -0.05) is 6.07 Å². The largest absolute Gasteiger partial charge is 0.493 e. The number of amides is 1. The molecule has 1 amide bonds. The van der Waals surface area contributed by atoms with E-state index in [1.165, 1.54) is 0 Å². The van der Waals surface area contributed by atoms with E-state index in [4.69, 9.17) is 9.47 Å². The third kappa shape index (κ3) is 5.81. The van der Waals surface area contributed by atoms with Crippen molar-refractivity contribution in [2.75, 3.05) is 53.8 Å². The monoisotopic (exact) mass is 543 g/mol. The second-order valence-corrected chi connectivity index (χ2v) is 9.54. The van der Waals surface area contributed by atoms with Crippen molar-refractivity contribution in [3.8, 4) is 5.75 Å². The summed E-state index contributed by atoms with van der Waals surface area (Å²) in [6.07, 6.45) is 0.661. The van der Waals surface area contributed by atoms with Crippen LogP contribution < -0.4 is 25.6 Å². The molecular formula is C30H27F2N5O3. The van der Waals surface area contributed by atoms with Gasteiger partial charge in [0.15, 0.2) is 0 Å². The molecule has 1 fully saturated rings. The van der Waals surface area contributed by atoms with E-state index in [0.717, 1.165) is 61.1 Å². The average Bonchev–Trinajstić information content (AvgIpc) is 3.08. The number of benzene rings is 3. The molecule has 6 rings (SSSR count). The van der Waals surface area contributed by atoms with Gasteiger partial charge in [0.25, 0.3) is 5.91 Å². The van der Waals surface area contributed by atoms with Crippen LogP contribution in [0.4, 0.5) is 42.9 Å². The number of hydrogen-bond donors (Lipinski definition) is 3. The summed E-state index contributed by atoms with van der Waals surface area (Å²) in [4.78, 5) is 18.4. The van der Waals surface area contributed by atoms with Crippen molar-refractivity contribution in [2.45, 2.75) is 6.42 Å². The highest BCUT2D eigenvalue weighted by molar-refractivity contribution is 6.12. The molecule has 0 atom stereocenters. The van der Waals surface area contributed by atoms with E-state index >= 15 is 0 Å². The first-order valence-electron chi connectivity index (χ1n) is 13.0. The summed E-state index contributed by atoms with van der Waals surface area (Å²) in [5.41, 5.74) is 5.33. The van der Waals surface area contributed by atoms with E-state index in [0.29, 0.717) is 35.7 Å². The summed E-state index contributed by atoms with van der Waals surface area (Å²) in [7, 11) is 0. The standard InChI is InChI=1S/C30H27F2N5O3/c31-28-17-21(18-29(32)36-28)33-20-2-7-24-26(16-20)34-25-8-1-19(15-27(25)35-30(24)38)9-12-40-23-5-3-22(4-6-23)37-10-13-39-14-11-37/h1-8,15-18,34H,9-14H2,(H,33,36)(H,35,38). The van der Waals surface area contributed by atoms with Gasteiger partial charge in [-0.2, -0.15) is 13.8 Å². The second-order valence-electron chi connectivity index (χ2n) is 9.54. The predicted molar refractivity (Wildman–Crippen MR) is 150 cm³/mol.